The van der Waals surface area contributed by atoms with Gasteiger partial charge in [-0.2, -0.15) is 5.26 Å². The summed E-state index contributed by atoms with van der Waals surface area (Å²) >= 11 is 0. The fourth-order valence-electron chi connectivity index (χ4n) is 2.46. The van der Waals surface area contributed by atoms with E-state index in [0.717, 1.165) is 19.4 Å². The average molecular weight is 243 g/mol. The highest BCUT2D eigenvalue weighted by Gasteiger charge is 2.43. The number of hydrogen-bond donors (Lipinski definition) is 1. The van der Waals surface area contributed by atoms with Gasteiger partial charge in [-0.05, 0) is 44.2 Å². The standard InChI is InChI=1S/C15H21N3/c1-3-18(14-7-5-4-6-12(14)2)11-15(17,10-16)13-8-9-13/h4-7,13H,3,8-9,11,17H2,1-2H3. The molecular weight excluding hydrogens is 222 g/mol. The maximum absolute atomic E-state index is 9.35. The van der Waals surface area contributed by atoms with Crippen molar-refractivity contribution in [3.8, 4) is 6.07 Å². The van der Waals surface area contributed by atoms with E-state index in [1.807, 2.05) is 12.1 Å². The molecule has 18 heavy (non-hydrogen) atoms. The normalized spacial score (nSPS) is 17.9. The molecule has 1 unspecified atom stereocenters. The fourth-order valence-corrected chi connectivity index (χ4v) is 2.46. The van der Waals surface area contributed by atoms with Crippen LogP contribution in [0.5, 0.6) is 0 Å². The Morgan fingerprint density at radius 1 is 1.44 bits per heavy atom. The Hall–Kier alpha value is -1.53. The molecule has 0 aromatic heterocycles. The summed E-state index contributed by atoms with van der Waals surface area (Å²) in [5, 5.41) is 9.35. The highest BCUT2D eigenvalue weighted by molar-refractivity contribution is 5.53. The Morgan fingerprint density at radius 3 is 2.61 bits per heavy atom. The van der Waals surface area contributed by atoms with Crippen LogP contribution in [-0.4, -0.2) is 18.6 Å². The van der Waals surface area contributed by atoms with Crippen LogP contribution >= 0.6 is 0 Å². The van der Waals surface area contributed by atoms with E-state index in [0.29, 0.717) is 12.5 Å². The number of likely N-dealkylation sites (N-methyl/N-ethyl adjacent to an activating group) is 1. The lowest BCUT2D eigenvalue weighted by molar-refractivity contribution is 0.469. The van der Waals surface area contributed by atoms with Crippen molar-refractivity contribution in [2.45, 2.75) is 32.2 Å². The van der Waals surface area contributed by atoms with Gasteiger partial charge in [-0.15, -0.1) is 0 Å². The summed E-state index contributed by atoms with van der Waals surface area (Å²) in [6.07, 6.45) is 2.19. The van der Waals surface area contributed by atoms with Gasteiger partial charge in [-0.25, -0.2) is 0 Å². The zero-order valence-electron chi connectivity index (χ0n) is 11.2. The second kappa shape index (κ2) is 4.99. The molecule has 2 N–H and O–H groups in total. The van der Waals surface area contributed by atoms with Crippen LogP contribution in [-0.2, 0) is 0 Å². The Labute approximate surface area is 109 Å². The number of benzene rings is 1. The third kappa shape index (κ3) is 2.49. The molecule has 0 amide bonds. The molecule has 0 saturated heterocycles. The van der Waals surface area contributed by atoms with Gasteiger partial charge in [0.25, 0.3) is 0 Å². The highest BCUT2D eigenvalue weighted by Crippen LogP contribution is 2.39. The molecule has 96 valence electrons. The van der Waals surface area contributed by atoms with Gasteiger partial charge >= 0.3 is 0 Å². The molecule has 0 radical (unpaired) electrons. The summed E-state index contributed by atoms with van der Waals surface area (Å²) in [7, 11) is 0. The van der Waals surface area contributed by atoms with Gasteiger partial charge in [0, 0.05) is 18.8 Å². The minimum atomic E-state index is -0.696. The molecule has 1 aliphatic carbocycles. The molecule has 0 bridgehead atoms. The first-order valence-electron chi connectivity index (χ1n) is 6.61. The third-order valence-electron chi connectivity index (χ3n) is 3.80. The second-order valence-electron chi connectivity index (χ2n) is 5.23. The summed E-state index contributed by atoms with van der Waals surface area (Å²) in [6, 6.07) is 10.6. The van der Waals surface area contributed by atoms with Crippen LogP contribution in [0.3, 0.4) is 0 Å². The number of nitriles is 1. The monoisotopic (exact) mass is 243 g/mol. The first-order chi connectivity index (χ1) is 8.60. The van der Waals surface area contributed by atoms with Crippen LogP contribution in [0, 0.1) is 24.2 Å². The smallest absolute Gasteiger partial charge is 0.124 e. The Morgan fingerprint density at radius 2 is 2.11 bits per heavy atom. The topological polar surface area (TPSA) is 53.0 Å². The van der Waals surface area contributed by atoms with Crippen molar-refractivity contribution < 1.29 is 0 Å². The average Bonchev–Trinajstić information content (AvgIpc) is 3.21. The summed E-state index contributed by atoms with van der Waals surface area (Å²) in [5.74, 6) is 0.376. The first kappa shape index (κ1) is 12.9. The van der Waals surface area contributed by atoms with E-state index < -0.39 is 5.54 Å². The highest BCUT2D eigenvalue weighted by atomic mass is 15.2. The number of hydrogen-bond acceptors (Lipinski definition) is 3. The van der Waals surface area contributed by atoms with Crippen LogP contribution in [0.4, 0.5) is 5.69 Å². The summed E-state index contributed by atoms with van der Waals surface area (Å²) in [4.78, 5) is 2.22. The van der Waals surface area contributed by atoms with Crippen molar-refractivity contribution in [1.82, 2.24) is 0 Å². The third-order valence-corrected chi connectivity index (χ3v) is 3.80. The van der Waals surface area contributed by atoms with E-state index in [1.165, 1.54) is 11.3 Å². The maximum Gasteiger partial charge on any atom is 0.124 e. The van der Waals surface area contributed by atoms with E-state index in [4.69, 9.17) is 5.73 Å². The first-order valence-corrected chi connectivity index (χ1v) is 6.61. The number of anilines is 1. The maximum atomic E-state index is 9.35. The Kier molecular flexibility index (Phi) is 3.58. The molecule has 1 fully saturated rings. The van der Waals surface area contributed by atoms with Crippen LogP contribution < -0.4 is 10.6 Å². The van der Waals surface area contributed by atoms with Crippen molar-refractivity contribution in [2.75, 3.05) is 18.0 Å². The zero-order chi connectivity index (χ0) is 13.2. The van der Waals surface area contributed by atoms with E-state index in [9.17, 15) is 5.26 Å². The van der Waals surface area contributed by atoms with Gasteiger partial charge in [0.2, 0.25) is 0 Å². The van der Waals surface area contributed by atoms with Gasteiger partial charge in [0.1, 0.15) is 5.54 Å². The van der Waals surface area contributed by atoms with Crippen LogP contribution in [0.1, 0.15) is 25.3 Å². The number of nitrogens with zero attached hydrogens (tertiary/aromatic N) is 2. The quantitative estimate of drug-likeness (QED) is 0.864. The molecule has 3 heteroatoms. The predicted octanol–water partition coefficient (Wildman–Crippen LogP) is 2.45. The molecule has 0 aliphatic heterocycles. The summed E-state index contributed by atoms with van der Waals surface area (Å²) < 4.78 is 0. The van der Waals surface area contributed by atoms with E-state index in [2.05, 4.69) is 36.9 Å². The SMILES string of the molecule is CCN(CC(N)(C#N)C1CC1)c1ccccc1C. The van der Waals surface area contributed by atoms with Crippen molar-refractivity contribution >= 4 is 5.69 Å². The van der Waals surface area contributed by atoms with Crippen molar-refractivity contribution in [2.24, 2.45) is 11.7 Å². The number of para-hydroxylation sites is 1. The molecule has 1 aliphatic rings. The number of rotatable bonds is 5. The molecule has 3 nitrogen and oxygen atoms in total. The predicted molar refractivity (Wildman–Crippen MR) is 74.3 cm³/mol. The molecular formula is C15H21N3. The van der Waals surface area contributed by atoms with Gasteiger partial charge in [-0.1, -0.05) is 18.2 Å². The summed E-state index contributed by atoms with van der Waals surface area (Å²) in [5.41, 5.74) is 7.99. The van der Waals surface area contributed by atoms with Crippen molar-refractivity contribution in [3.05, 3.63) is 29.8 Å². The zero-order valence-corrected chi connectivity index (χ0v) is 11.2. The minimum Gasteiger partial charge on any atom is -0.369 e. The van der Waals surface area contributed by atoms with Crippen molar-refractivity contribution in [1.29, 1.82) is 5.26 Å². The second-order valence-corrected chi connectivity index (χ2v) is 5.23. The summed E-state index contributed by atoms with van der Waals surface area (Å²) in [6.45, 7) is 5.70. The molecule has 1 atom stereocenters. The van der Waals surface area contributed by atoms with Crippen LogP contribution in [0.15, 0.2) is 24.3 Å². The molecule has 1 saturated carbocycles. The Bertz CT molecular complexity index is 459. The van der Waals surface area contributed by atoms with E-state index >= 15 is 0 Å². The van der Waals surface area contributed by atoms with Gasteiger partial charge in [-0.3, -0.25) is 0 Å². The molecule has 1 aromatic rings. The van der Waals surface area contributed by atoms with Crippen LogP contribution in [0.2, 0.25) is 0 Å². The molecule has 1 aromatic carbocycles. The Balaban J connectivity index is 2.20. The lowest BCUT2D eigenvalue weighted by atomic mass is 9.95. The fraction of sp³-hybridized carbons (Fsp3) is 0.533. The molecule has 0 spiro atoms. The van der Waals surface area contributed by atoms with Crippen LogP contribution in [0.25, 0.3) is 0 Å². The van der Waals surface area contributed by atoms with Gasteiger partial charge in [0.05, 0.1) is 6.07 Å². The molecule has 2 rings (SSSR count). The molecule has 0 heterocycles. The number of aryl methyl sites for hydroxylation is 1. The van der Waals surface area contributed by atoms with Gasteiger partial charge < -0.3 is 10.6 Å². The van der Waals surface area contributed by atoms with Crippen molar-refractivity contribution in [3.63, 3.8) is 0 Å². The largest absolute Gasteiger partial charge is 0.369 e. The lowest BCUT2D eigenvalue weighted by Gasteiger charge is -2.32. The van der Waals surface area contributed by atoms with E-state index in [1.54, 1.807) is 0 Å². The van der Waals surface area contributed by atoms with E-state index in [-0.39, 0.29) is 0 Å². The minimum absolute atomic E-state index is 0.376. The number of nitrogens with two attached hydrogens (primary N) is 1. The van der Waals surface area contributed by atoms with Gasteiger partial charge in [0.15, 0.2) is 0 Å². The lowest BCUT2D eigenvalue weighted by Crippen LogP contribution is -2.51.